The quantitative estimate of drug-likeness (QED) is 0.192. The van der Waals surface area contributed by atoms with E-state index < -0.39 is 0 Å². The van der Waals surface area contributed by atoms with E-state index >= 15 is 0 Å². The molecule has 0 aromatic heterocycles. The number of hydrogen-bond acceptors (Lipinski definition) is 4. The van der Waals surface area contributed by atoms with E-state index in [1.807, 2.05) is 0 Å². The largest absolute Gasteiger partial charge is 0.462 e. The van der Waals surface area contributed by atoms with Crippen molar-refractivity contribution in [2.45, 2.75) is 126 Å². The van der Waals surface area contributed by atoms with E-state index in [-0.39, 0.29) is 39.1 Å². The molecule has 0 bridgehead atoms. The monoisotopic (exact) mass is 568 g/mol. The second-order valence-corrected chi connectivity index (χ2v) is 16.4. The van der Waals surface area contributed by atoms with Gasteiger partial charge in [-0.25, -0.2) is 0 Å². The predicted molar refractivity (Wildman–Crippen MR) is 166 cm³/mol. The summed E-state index contributed by atoms with van der Waals surface area (Å²) in [4.78, 5) is 26.1. The fourth-order valence-electron chi connectivity index (χ4n) is 12.5. The molecule has 10 atom stereocenters. The van der Waals surface area contributed by atoms with Crippen LogP contribution >= 0.6 is 0 Å². The number of carbonyl (C=O) groups is 2. The van der Waals surface area contributed by atoms with E-state index in [9.17, 15) is 9.59 Å². The van der Waals surface area contributed by atoms with E-state index in [2.05, 4.69) is 65.7 Å². The molecule has 232 valence electrons. The lowest BCUT2D eigenvalue weighted by Crippen LogP contribution is -2.67. The number of likely N-dealkylation sites (N-methyl/N-ethyl adjacent to an activating group) is 1. The molecular formula is C36H60N2O3. The zero-order valence-electron chi connectivity index (χ0n) is 27.6. The minimum atomic E-state index is -0.242. The van der Waals surface area contributed by atoms with Crippen LogP contribution in [0.25, 0.3) is 0 Å². The molecule has 5 heteroatoms. The van der Waals surface area contributed by atoms with Crippen LogP contribution in [0, 0.1) is 56.7 Å². The van der Waals surface area contributed by atoms with Crippen molar-refractivity contribution in [2.75, 3.05) is 19.6 Å². The van der Waals surface area contributed by atoms with E-state index in [0.717, 1.165) is 51.6 Å². The number of rotatable bonds is 7. The van der Waals surface area contributed by atoms with E-state index in [4.69, 9.17) is 4.74 Å². The van der Waals surface area contributed by atoms with Gasteiger partial charge >= 0.3 is 5.97 Å². The summed E-state index contributed by atoms with van der Waals surface area (Å²) in [5, 5.41) is 6.75. The highest BCUT2D eigenvalue weighted by atomic mass is 16.5. The molecule has 0 radical (unpaired) electrons. The van der Waals surface area contributed by atoms with Gasteiger partial charge in [0.1, 0.15) is 6.10 Å². The maximum Gasteiger partial charge on any atom is 0.302 e. The Morgan fingerprint density at radius 1 is 0.829 bits per heavy atom. The van der Waals surface area contributed by atoms with Crippen molar-refractivity contribution in [3.05, 3.63) is 12.2 Å². The maximum absolute atomic E-state index is 14.1. The SMILES string of the molecule is C=C(C)C1CCC2(C(=O)NCCNCC)CCC3(C)C(CCC4C5(C)CCC(OC(C)=O)C(C)(C)C5CCC43C)C12. The Balaban J connectivity index is 1.46. The molecule has 1 amide bonds. The first kappa shape index (κ1) is 31.1. The lowest BCUT2D eigenvalue weighted by Gasteiger charge is -2.72. The zero-order chi connectivity index (χ0) is 30.0. The van der Waals surface area contributed by atoms with Gasteiger partial charge in [-0.3, -0.25) is 9.59 Å². The Hall–Kier alpha value is -1.36. The Kier molecular flexibility index (Phi) is 8.08. The average molecular weight is 569 g/mol. The topological polar surface area (TPSA) is 67.4 Å². The van der Waals surface area contributed by atoms with Crippen LogP contribution in [-0.2, 0) is 14.3 Å². The minimum Gasteiger partial charge on any atom is -0.462 e. The Morgan fingerprint density at radius 3 is 2.22 bits per heavy atom. The summed E-state index contributed by atoms with van der Waals surface area (Å²) in [7, 11) is 0. The van der Waals surface area contributed by atoms with Crippen molar-refractivity contribution >= 4 is 11.9 Å². The van der Waals surface area contributed by atoms with Crippen LogP contribution in [0.15, 0.2) is 12.2 Å². The third kappa shape index (κ3) is 4.48. The van der Waals surface area contributed by atoms with Crippen molar-refractivity contribution in [2.24, 2.45) is 56.7 Å². The molecule has 0 spiro atoms. The number of nitrogens with one attached hydrogen (secondary N) is 2. The fraction of sp³-hybridized carbons (Fsp3) is 0.889. The lowest BCUT2D eigenvalue weighted by atomic mass is 9.32. The molecule has 5 saturated carbocycles. The summed E-state index contributed by atoms with van der Waals surface area (Å²) in [6.07, 6.45) is 11.4. The van der Waals surface area contributed by atoms with Crippen LogP contribution in [-0.4, -0.2) is 37.6 Å². The van der Waals surface area contributed by atoms with E-state index in [1.165, 1.54) is 31.3 Å². The number of fused-ring (bicyclic) bond motifs is 7. The van der Waals surface area contributed by atoms with Gasteiger partial charge in [0.2, 0.25) is 5.91 Å². The van der Waals surface area contributed by atoms with Gasteiger partial charge in [0.15, 0.2) is 0 Å². The first-order chi connectivity index (χ1) is 19.2. The summed E-state index contributed by atoms with van der Waals surface area (Å²) in [5.41, 5.74) is 1.76. The zero-order valence-corrected chi connectivity index (χ0v) is 27.6. The molecule has 5 fully saturated rings. The third-order valence-electron chi connectivity index (χ3n) is 14.6. The van der Waals surface area contributed by atoms with Crippen LogP contribution in [0.4, 0.5) is 0 Å². The summed E-state index contributed by atoms with van der Waals surface area (Å²) in [5.74, 6) is 2.82. The van der Waals surface area contributed by atoms with Crippen LogP contribution < -0.4 is 10.6 Å². The number of hydrogen-bond donors (Lipinski definition) is 2. The normalized spacial score (nSPS) is 46.3. The van der Waals surface area contributed by atoms with Gasteiger partial charge in [0.25, 0.3) is 0 Å². The smallest absolute Gasteiger partial charge is 0.302 e. The molecule has 5 rings (SSSR count). The van der Waals surface area contributed by atoms with Crippen LogP contribution in [0.1, 0.15) is 120 Å². The molecule has 5 aliphatic rings. The second-order valence-electron chi connectivity index (χ2n) is 16.4. The van der Waals surface area contributed by atoms with E-state index in [1.54, 1.807) is 6.92 Å². The van der Waals surface area contributed by atoms with Gasteiger partial charge in [-0.1, -0.05) is 53.7 Å². The summed E-state index contributed by atoms with van der Waals surface area (Å²) < 4.78 is 5.93. The molecule has 0 aromatic carbocycles. The van der Waals surface area contributed by atoms with Crippen molar-refractivity contribution in [1.29, 1.82) is 0 Å². The number of ether oxygens (including phenoxy) is 1. The van der Waals surface area contributed by atoms with Gasteiger partial charge in [-0.2, -0.15) is 0 Å². The van der Waals surface area contributed by atoms with Gasteiger partial charge < -0.3 is 15.4 Å². The molecule has 0 saturated heterocycles. The number of esters is 1. The highest BCUT2D eigenvalue weighted by Crippen LogP contribution is 2.77. The molecule has 5 aliphatic carbocycles. The summed E-state index contributed by atoms with van der Waals surface area (Å²) in [6.45, 7) is 25.5. The van der Waals surface area contributed by atoms with Crippen LogP contribution in [0.5, 0.6) is 0 Å². The van der Waals surface area contributed by atoms with Gasteiger partial charge in [0, 0.05) is 25.4 Å². The summed E-state index contributed by atoms with van der Waals surface area (Å²) >= 11 is 0. The Labute approximate surface area is 250 Å². The number of amides is 1. The maximum atomic E-state index is 14.1. The van der Waals surface area contributed by atoms with Crippen molar-refractivity contribution in [3.8, 4) is 0 Å². The molecule has 0 aromatic rings. The van der Waals surface area contributed by atoms with Crippen molar-refractivity contribution in [1.82, 2.24) is 10.6 Å². The molecule has 5 nitrogen and oxygen atoms in total. The van der Waals surface area contributed by atoms with E-state index in [0.29, 0.717) is 42.0 Å². The standard InChI is InChI=1S/C36H60N2O3/c1-10-37-21-22-38-31(40)36-18-13-25(23(2)3)30(36)26-11-12-28-33(7)16-15-29(41-24(4)39)32(5,6)27(33)14-17-35(28,9)34(26,8)19-20-36/h25-30,37H,2,10-22H2,1,3-9H3,(H,38,40). The third-order valence-corrected chi connectivity index (χ3v) is 14.6. The second kappa shape index (κ2) is 10.7. The molecule has 2 N–H and O–H groups in total. The Morgan fingerprint density at radius 2 is 1.56 bits per heavy atom. The van der Waals surface area contributed by atoms with Crippen LogP contribution in [0.3, 0.4) is 0 Å². The van der Waals surface area contributed by atoms with Crippen molar-refractivity contribution < 1.29 is 14.3 Å². The highest BCUT2D eigenvalue weighted by molar-refractivity contribution is 5.84. The highest BCUT2D eigenvalue weighted by Gasteiger charge is 2.72. The number of allylic oxidation sites excluding steroid dienone is 1. The molecule has 0 heterocycles. The predicted octanol–water partition coefficient (Wildman–Crippen LogP) is 7.30. The van der Waals surface area contributed by atoms with Gasteiger partial charge in [-0.05, 0) is 124 Å². The molecule has 0 aliphatic heterocycles. The lowest BCUT2D eigenvalue weighted by molar-refractivity contribution is -0.248. The Bertz CT molecular complexity index is 1050. The first-order valence-corrected chi connectivity index (χ1v) is 17.0. The molecular weight excluding hydrogens is 508 g/mol. The average Bonchev–Trinajstić information content (AvgIpc) is 3.30. The van der Waals surface area contributed by atoms with Crippen LogP contribution in [0.2, 0.25) is 0 Å². The summed E-state index contributed by atoms with van der Waals surface area (Å²) in [6, 6.07) is 0. The number of carbonyl (C=O) groups excluding carboxylic acids is 2. The van der Waals surface area contributed by atoms with Gasteiger partial charge in [0.05, 0.1) is 5.41 Å². The molecule has 10 unspecified atom stereocenters. The van der Waals surface area contributed by atoms with Crippen molar-refractivity contribution in [3.63, 3.8) is 0 Å². The fourth-order valence-corrected chi connectivity index (χ4v) is 12.5. The minimum absolute atomic E-state index is 0.0132. The molecule has 41 heavy (non-hydrogen) atoms. The van der Waals surface area contributed by atoms with Gasteiger partial charge in [-0.15, -0.1) is 0 Å². The first-order valence-electron chi connectivity index (χ1n) is 17.0.